The fourth-order valence-corrected chi connectivity index (χ4v) is 1.80. The number of aromatic nitrogens is 1. The average Bonchev–Trinajstić information content (AvgIpc) is 3.02. The average molecular weight is 210 g/mol. The van der Waals surface area contributed by atoms with Crippen LogP contribution >= 0.6 is 11.8 Å². The zero-order chi connectivity index (χ0) is 9.97. The van der Waals surface area contributed by atoms with E-state index in [1.165, 1.54) is 0 Å². The fraction of sp³-hybridized carbons (Fsp3) is 0.500. The molecule has 0 aliphatic heterocycles. The Morgan fingerprint density at radius 3 is 3.00 bits per heavy atom. The molecule has 76 valence electrons. The zero-order valence-corrected chi connectivity index (χ0v) is 9.01. The maximum Gasteiger partial charge on any atom is 0.156 e. The largest absolute Gasteiger partial charge is 0.487 e. The molecular formula is C10H14N2OS. The Bertz CT molecular complexity index is 304. The van der Waals surface area contributed by atoms with Crippen LogP contribution in [0, 0.1) is 0 Å². The fourth-order valence-electron chi connectivity index (χ4n) is 1.26. The third kappa shape index (κ3) is 2.01. The van der Waals surface area contributed by atoms with E-state index in [1.54, 1.807) is 18.0 Å². The molecule has 0 saturated heterocycles. The van der Waals surface area contributed by atoms with Crippen LogP contribution in [0.1, 0.15) is 18.5 Å². The molecule has 0 atom stereocenters. The maximum atomic E-state index is 5.81. The Labute approximate surface area is 88.0 Å². The van der Waals surface area contributed by atoms with E-state index in [2.05, 4.69) is 4.98 Å². The molecule has 1 aromatic heterocycles. The molecule has 1 fully saturated rings. The van der Waals surface area contributed by atoms with Crippen LogP contribution in [0.15, 0.2) is 17.2 Å². The number of thioether (sulfide) groups is 1. The number of hydrogen-bond donors (Lipinski definition) is 1. The number of nitrogens with two attached hydrogens (primary N) is 1. The lowest BCUT2D eigenvalue weighted by molar-refractivity contribution is 0.291. The molecule has 0 radical (unpaired) electrons. The van der Waals surface area contributed by atoms with Gasteiger partial charge in [0.1, 0.15) is 0 Å². The van der Waals surface area contributed by atoms with Gasteiger partial charge < -0.3 is 10.5 Å². The summed E-state index contributed by atoms with van der Waals surface area (Å²) in [7, 11) is 0. The number of rotatable bonds is 4. The summed E-state index contributed by atoms with van der Waals surface area (Å²) in [6.07, 6.45) is 6.54. The third-order valence-corrected chi connectivity index (χ3v) is 2.93. The van der Waals surface area contributed by atoms with E-state index in [-0.39, 0.29) is 0 Å². The molecule has 1 aromatic rings. The first kappa shape index (κ1) is 9.80. The summed E-state index contributed by atoms with van der Waals surface area (Å²) < 4.78 is 5.81. The highest BCUT2D eigenvalue weighted by molar-refractivity contribution is 7.98. The van der Waals surface area contributed by atoms with Gasteiger partial charge in [0.2, 0.25) is 0 Å². The Morgan fingerprint density at radius 2 is 2.43 bits per heavy atom. The summed E-state index contributed by atoms with van der Waals surface area (Å²) in [5.41, 5.74) is 6.48. The first-order chi connectivity index (χ1) is 6.85. The Kier molecular flexibility index (Phi) is 2.93. The number of ether oxygens (including phenoxy) is 1. The molecule has 0 bridgehead atoms. The molecule has 2 N–H and O–H groups in total. The number of hydrogen-bond acceptors (Lipinski definition) is 4. The minimum Gasteiger partial charge on any atom is -0.487 e. The van der Waals surface area contributed by atoms with Gasteiger partial charge in [-0.3, -0.25) is 4.98 Å². The van der Waals surface area contributed by atoms with Crippen molar-refractivity contribution in [2.45, 2.75) is 30.4 Å². The van der Waals surface area contributed by atoms with E-state index in [4.69, 9.17) is 10.5 Å². The minimum atomic E-state index is 0.399. The number of pyridine rings is 1. The highest BCUT2D eigenvalue weighted by atomic mass is 32.2. The van der Waals surface area contributed by atoms with Crippen LogP contribution < -0.4 is 10.5 Å². The Morgan fingerprint density at radius 1 is 1.64 bits per heavy atom. The van der Waals surface area contributed by atoms with Crippen LogP contribution in [0.5, 0.6) is 5.75 Å². The van der Waals surface area contributed by atoms with Crippen molar-refractivity contribution in [3.05, 3.63) is 18.0 Å². The molecule has 4 heteroatoms. The normalized spacial score (nSPS) is 15.6. The highest BCUT2D eigenvalue weighted by Crippen LogP contribution is 2.35. The van der Waals surface area contributed by atoms with Crippen molar-refractivity contribution >= 4 is 11.8 Å². The predicted octanol–water partition coefficient (Wildman–Crippen LogP) is 1.80. The molecule has 1 saturated carbocycles. The van der Waals surface area contributed by atoms with E-state index in [9.17, 15) is 0 Å². The maximum absolute atomic E-state index is 5.81. The molecule has 1 aliphatic carbocycles. The molecule has 0 amide bonds. The van der Waals surface area contributed by atoms with Crippen molar-refractivity contribution in [3.8, 4) is 5.75 Å². The van der Waals surface area contributed by atoms with Crippen LogP contribution in [0.3, 0.4) is 0 Å². The highest BCUT2D eigenvalue weighted by Gasteiger charge is 2.25. The standard InChI is InChI=1S/C10H14N2OS/c1-14-9-4-5-12-8(6-11)10(9)13-7-2-3-7/h4-5,7H,2-3,6,11H2,1H3. The Hall–Kier alpha value is -0.740. The summed E-state index contributed by atoms with van der Waals surface area (Å²) in [6.45, 7) is 0.441. The quantitative estimate of drug-likeness (QED) is 0.770. The van der Waals surface area contributed by atoms with Gasteiger partial charge in [0.25, 0.3) is 0 Å². The second kappa shape index (κ2) is 4.19. The molecular weight excluding hydrogens is 196 g/mol. The molecule has 1 heterocycles. The van der Waals surface area contributed by atoms with Gasteiger partial charge in [0, 0.05) is 12.7 Å². The van der Waals surface area contributed by atoms with E-state index < -0.39 is 0 Å². The van der Waals surface area contributed by atoms with Crippen molar-refractivity contribution in [1.82, 2.24) is 4.98 Å². The lowest BCUT2D eigenvalue weighted by atomic mass is 10.3. The van der Waals surface area contributed by atoms with E-state index in [0.29, 0.717) is 12.6 Å². The molecule has 2 rings (SSSR count). The molecule has 0 aromatic carbocycles. The topological polar surface area (TPSA) is 48.1 Å². The van der Waals surface area contributed by atoms with Gasteiger partial charge in [-0.2, -0.15) is 0 Å². The molecule has 14 heavy (non-hydrogen) atoms. The predicted molar refractivity (Wildman–Crippen MR) is 57.6 cm³/mol. The SMILES string of the molecule is CSc1ccnc(CN)c1OC1CC1. The van der Waals surface area contributed by atoms with Crippen molar-refractivity contribution in [3.63, 3.8) is 0 Å². The van der Waals surface area contributed by atoms with Crippen LogP contribution in [0.4, 0.5) is 0 Å². The van der Waals surface area contributed by atoms with Crippen molar-refractivity contribution < 1.29 is 4.74 Å². The first-order valence-electron chi connectivity index (χ1n) is 4.73. The van der Waals surface area contributed by atoms with Gasteiger partial charge in [-0.05, 0) is 25.2 Å². The Balaban J connectivity index is 2.29. The van der Waals surface area contributed by atoms with Crippen LogP contribution in [-0.2, 0) is 6.54 Å². The summed E-state index contributed by atoms with van der Waals surface area (Å²) in [4.78, 5) is 5.36. The van der Waals surface area contributed by atoms with Gasteiger partial charge >= 0.3 is 0 Å². The second-order valence-electron chi connectivity index (χ2n) is 3.31. The monoisotopic (exact) mass is 210 g/mol. The first-order valence-corrected chi connectivity index (χ1v) is 5.96. The molecule has 1 aliphatic rings. The summed E-state index contributed by atoms with van der Waals surface area (Å²) in [5, 5.41) is 0. The van der Waals surface area contributed by atoms with Crippen LogP contribution in [0.25, 0.3) is 0 Å². The molecule has 3 nitrogen and oxygen atoms in total. The smallest absolute Gasteiger partial charge is 0.156 e. The van der Waals surface area contributed by atoms with Gasteiger partial charge in [-0.15, -0.1) is 11.8 Å². The van der Waals surface area contributed by atoms with Crippen molar-refractivity contribution in [1.29, 1.82) is 0 Å². The van der Waals surface area contributed by atoms with E-state index in [1.807, 2.05) is 12.3 Å². The van der Waals surface area contributed by atoms with E-state index in [0.717, 1.165) is 29.2 Å². The van der Waals surface area contributed by atoms with Gasteiger partial charge in [0.05, 0.1) is 16.7 Å². The van der Waals surface area contributed by atoms with Crippen molar-refractivity contribution in [2.75, 3.05) is 6.26 Å². The summed E-state index contributed by atoms with van der Waals surface area (Å²) >= 11 is 1.67. The van der Waals surface area contributed by atoms with E-state index >= 15 is 0 Å². The minimum absolute atomic E-state index is 0.399. The van der Waals surface area contributed by atoms with Crippen LogP contribution in [0.2, 0.25) is 0 Å². The lowest BCUT2D eigenvalue weighted by Gasteiger charge is -2.12. The summed E-state index contributed by atoms with van der Waals surface area (Å²) in [6, 6.07) is 1.97. The zero-order valence-electron chi connectivity index (χ0n) is 8.19. The second-order valence-corrected chi connectivity index (χ2v) is 4.16. The van der Waals surface area contributed by atoms with Gasteiger partial charge in [-0.1, -0.05) is 0 Å². The van der Waals surface area contributed by atoms with Gasteiger partial charge in [-0.25, -0.2) is 0 Å². The third-order valence-electron chi connectivity index (χ3n) is 2.16. The number of nitrogens with zero attached hydrogens (tertiary/aromatic N) is 1. The van der Waals surface area contributed by atoms with Gasteiger partial charge in [0.15, 0.2) is 5.75 Å². The van der Waals surface area contributed by atoms with Crippen LogP contribution in [-0.4, -0.2) is 17.3 Å². The van der Waals surface area contributed by atoms with Crippen molar-refractivity contribution in [2.24, 2.45) is 5.73 Å². The lowest BCUT2D eigenvalue weighted by Crippen LogP contribution is -2.06. The molecule has 0 unspecified atom stereocenters. The summed E-state index contributed by atoms with van der Waals surface area (Å²) in [5.74, 6) is 0.894. The molecule has 0 spiro atoms.